The van der Waals surface area contributed by atoms with Crippen molar-refractivity contribution in [1.82, 2.24) is 0 Å². The van der Waals surface area contributed by atoms with E-state index in [0.29, 0.717) is 11.5 Å². The van der Waals surface area contributed by atoms with Crippen molar-refractivity contribution in [2.24, 2.45) is 0 Å². The molecule has 5 nitrogen and oxygen atoms in total. The zero-order chi connectivity index (χ0) is 16.7. The van der Waals surface area contributed by atoms with E-state index in [1.807, 2.05) is 30.3 Å². The number of hydrogen-bond acceptors (Lipinski definition) is 4. The van der Waals surface area contributed by atoms with Crippen molar-refractivity contribution >= 4 is 17.3 Å². The first-order valence-corrected chi connectivity index (χ1v) is 7.51. The van der Waals surface area contributed by atoms with Gasteiger partial charge in [0, 0.05) is 17.4 Å². The number of hydrogen-bond donors (Lipinski definition) is 2. The molecule has 5 heteroatoms. The van der Waals surface area contributed by atoms with Gasteiger partial charge in [-0.05, 0) is 36.2 Å². The molecular weight excluding hydrogens is 292 g/mol. The summed E-state index contributed by atoms with van der Waals surface area (Å²) in [7, 11) is 3.16. The molecule has 1 amide bonds. The summed E-state index contributed by atoms with van der Waals surface area (Å²) in [6, 6.07) is 13.3. The number of benzene rings is 2. The van der Waals surface area contributed by atoms with Crippen LogP contribution < -0.4 is 20.1 Å². The first kappa shape index (κ1) is 16.7. The summed E-state index contributed by atoms with van der Waals surface area (Å²) < 4.78 is 10.4. The van der Waals surface area contributed by atoms with Gasteiger partial charge in [-0.1, -0.05) is 19.1 Å². The van der Waals surface area contributed by atoms with E-state index in [4.69, 9.17) is 9.47 Å². The topological polar surface area (TPSA) is 59.6 Å². The fourth-order valence-corrected chi connectivity index (χ4v) is 2.16. The van der Waals surface area contributed by atoms with Crippen LogP contribution in [-0.2, 0) is 11.2 Å². The molecule has 0 saturated heterocycles. The second-order valence-corrected chi connectivity index (χ2v) is 5.02. The van der Waals surface area contributed by atoms with Gasteiger partial charge in [0.2, 0.25) is 5.91 Å². The molecule has 0 fully saturated rings. The van der Waals surface area contributed by atoms with E-state index < -0.39 is 0 Å². The Morgan fingerprint density at radius 2 is 1.61 bits per heavy atom. The lowest BCUT2D eigenvalue weighted by Gasteiger charge is -2.11. The van der Waals surface area contributed by atoms with Crippen LogP contribution in [0.3, 0.4) is 0 Å². The van der Waals surface area contributed by atoms with Crippen molar-refractivity contribution in [2.45, 2.75) is 13.3 Å². The van der Waals surface area contributed by atoms with Crippen LogP contribution >= 0.6 is 0 Å². The average molecular weight is 314 g/mol. The molecule has 2 aromatic rings. The highest BCUT2D eigenvalue weighted by Gasteiger charge is 2.06. The molecule has 0 atom stereocenters. The standard InChI is InChI=1S/C18H22N2O3/c1-4-13-5-7-14(8-6-13)20-18(21)12-19-15-9-10-16(22-2)17(11-15)23-3/h5-11,19H,4,12H2,1-3H3,(H,20,21). The molecule has 2 N–H and O–H groups in total. The van der Waals surface area contributed by atoms with Gasteiger partial charge in [0.25, 0.3) is 0 Å². The monoisotopic (exact) mass is 314 g/mol. The molecule has 0 heterocycles. The van der Waals surface area contributed by atoms with Crippen LogP contribution in [0.1, 0.15) is 12.5 Å². The molecule has 122 valence electrons. The Morgan fingerprint density at radius 1 is 0.957 bits per heavy atom. The molecule has 0 aliphatic carbocycles. The third-order valence-corrected chi connectivity index (χ3v) is 3.48. The van der Waals surface area contributed by atoms with Crippen LogP contribution in [-0.4, -0.2) is 26.7 Å². The zero-order valence-electron chi connectivity index (χ0n) is 13.7. The first-order valence-electron chi connectivity index (χ1n) is 7.51. The zero-order valence-corrected chi connectivity index (χ0v) is 13.7. The number of methoxy groups -OCH3 is 2. The quantitative estimate of drug-likeness (QED) is 0.823. The number of carbonyl (C=O) groups is 1. The lowest BCUT2D eigenvalue weighted by atomic mass is 10.1. The van der Waals surface area contributed by atoms with Crippen molar-refractivity contribution in [3.8, 4) is 11.5 Å². The van der Waals surface area contributed by atoms with Gasteiger partial charge in [-0.2, -0.15) is 0 Å². The van der Waals surface area contributed by atoms with Crippen molar-refractivity contribution in [1.29, 1.82) is 0 Å². The molecular formula is C18H22N2O3. The number of nitrogens with one attached hydrogen (secondary N) is 2. The number of rotatable bonds is 7. The highest BCUT2D eigenvalue weighted by Crippen LogP contribution is 2.29. The van der Waals surface area contributed by atoms with E-state index in [2.05, 4.69) is 17.6 Å². The number of amides is 1. The summed E-state index contributed by atoms with van der Waals surface area (Å²) in [5, 5.41) is 5.92. The van der Waals surface area contributed by atoms with Crippen molar-refractivity contribution < 1.29 is 14.3 Å². The van der Waals surface area contributed by atoms with E-state index in [0.717, 1.165) is 17.8 Å². The minimum Gasteiger partial charge on any atom is -0.493 e. The molecule has 2 rings (SSSR count). The van der Waals surface area contributed by atoms with Crippen LogP contribution in [0.4, 0.5) is 11.4 Å². The molecule has 2 aromatic carbocycles. The SMILES string of the molecule is CCc1ccc(NC(=O)CNc2ccc(OC)c(OC)c2)cc1. The van der Waals surface area contributed by atoms with E-state index in [-0.39, 0.29) is 12.5 Å². The highest BCUT2D eigenvalue weighted by atomic mass is 16.5. The molecule has 23 heavy (non-hydrogen) atoms. The van der Waals surface area contributed by atoms with Gasteiger partial charge < -0.3 is 20.1 Å². The second-order valence-electron chi connectivity index (χ2n) is 5.02. The predicted octanol–water partition coefficient (Wildman–Crippen LogP) is 3.32. The van der Waals surface area contributed by atoms with Gasteiger partial charge in [0.1, 0.15) is 0 Å². The van der Waals surface area contributed by atoms with Crippen molar-refractivity contribution in [3.63, 3.8) is 0 Å². The minimum atomic E-state index is -0.107. The van der Waals surface area contributed by atoms with Gasteiger partial charge in [-0.15, -0.1) is 0 Å². The molecule has 0 saturated carbocycles. The highest BCUT2D eigenvalue weighted by molar-refractivity contribution is 5.93. The fourth-order valence-electron chi connectivity index (χ4n) is 2.16. The van der Waals surface area contributed by atoms with Gasteiger partial charge in [0.15, 0.2) is 11.5 Å². The number of aryl methyl sites for hydroxylation is 1. The van der Waals surface area contributed by atoms with E-state index in [1.54, 1.807) is 26.4 Å². The van der Waals surface area contributed by atoms with Crippen molar-refractivity contribution in [3.05, 3.63) is 48.0 Å². The maximum absolute atomic E-state index is 12.0. The Bertz CT molecular complexity index is 654. The fraction of sp³-hybridized carbons (Fsp3) is 0.278. The number of carbonyl (C=O) groups excluding carboxylic acids is 1. The van der Waals surface area contributed by atoms with E-state index in [9.17, 15) is 4.79 Å². The predicted molar refractivity (Wildman–Crippen MR) is 92.5 cm³/mol. The smallest absolute Gasteiger partial charge is 0.243 e. The third kappa shape index (κ3) is 4.64. The van der Waals surface area contributed by atoms with Crippen LogP contribution in [0.15, 0.2) is 42.5 Å². The van der Waals surface area contributed by atoms with E-state index >= 15 is 0 Å². The number of ether oxygens (including phenoxy) is 2. The summed E-state index contributed by atoms with van der Waals surface area (Å²) in [6.45, 7) is 2.27. The maximum Gasteiger partial charge on any atom is 0.243 e. The van der Waals surface area contributed by atoms with Gasteiger partial charge in [-0.25, -0.2) is 0 Å². The second kappa shape index (κ2) is 8.08. The summed E-state index contributed by atoms with van der Waals surface area (Å²) in [5.74, 6) is 1.16. The Morgan fingerprint density at radius 3 is 2.22 bits per heavy atom. The minimum absolute atomic E-state index is 0.107. The van der Waals surface area contributed by atoms with Crippen LogP contribution in [0.25, 0.3) is 0 Å². The first-order chi connectivity index (χ1) is 11.2. The molecule has 0 spiro atoms. The number of anilines is 2. The normalized spacial score (nSPS) is 10.0. The Kier molecular flexibility index (Phi) is 5.86. The summed E-state index contributed by atoms with van der Waals surface area (Å²) >= 11 is 0. The molecule has 0 unspecified atom stereocenters. The van der Waals surface area contributed by atoms with Crippen molar-refractivity contribution in [2.75, 3.05) is 31.4 Å². The molecule has 0 aromatic heterocycles. The largest absolute Gasteiger partial charge is 0.493 e. The third-order valence-electron chi connectivity index (χ3n) is 3.48. The average Bonchev–Trinajstić information content (AvgIpc) is 2.60. The lowest BCUT2D eigenvalue weighted by Crippen LogP contribution is -2.21. The summed E-state index contributed by atoms with van der Waals surface area (Å²) in [4.78, 5) is 12.0. The Hall–Kier alpha value is -2.69. The van der Waals surface area contributed by atoms with Crippen LogP contribution in [0.2, 0.25) is 0 Å². The summed E-state index contributed by atoms with van der Waals surface area (Å²) in [5.41, 5.74) is 2.83. The van der Waals surface area contributed by atoms with Gasteiger partial charge in [0.05, 0.1) is 20.8 Å². The lowest BCUT2D eigenvalue weighted by molar-refractivity contribution is -0.114. The Balaban J connectivity index is 1.90. The Labute approximate surface area is 136 Å². The molecule has 0 aliphatic rings. The maximum atomic E-state index is 12.0. The summed E-state index contributed by atoms with van der Waals surface area (Å²) in [6.07, 6.45) is 0.981. The molecule has 0 aliphatic heterocycles. The van der Waals surface area contributed by atoms with Crippen LogP contribution in [0.5, 0.6) is 11.5 Å². The molecule has 0 radical (unpaired) electrons. The van der Waals surface area contributed by atoms with Gasteiger partial charge in [-0.3, -0.25) is 4.79 Å². The van der Waals surface area contributed by atoms with Gasteiger partial charge >= 0.3 is 0 Å². The molecule has 0 bridgehead atoms. The van der Waals surface area contributed by atoms with E-state index in [1.165, 1.54) is 5.56 Å². The van der Waals surface area contributed by atoms with Crippen LogP contribution in [0, 0.1) is 0 Å².